The van der Waals surface area contributed by atoms with Crippen LogP contribution in [0, 0.1) is 0 Å². The van der Waals surface area contributed by atoms with E-state index in [4.69, 9.17) is 0 Å². The highest BCUT2D eigenvalue weighted by Crippen LogP contribution is 2.31. The molecule has 1 aromatic rings. The number of hydrogen-bond donors (Lipinski definition) is 1. The zero-order valence-corrected chi connectivity index (χ0v) is 15.0. The van der Waals surface area contributed by atoms with E-state index in [1.165, 1.54) is 24.9 Å². The van der Waals surface area contributed by atoms with E-state index >= 15 is 0 Å². The summed E-state index contributed by atoms with van der Waals surface area (Å²) in [6.07, 6.45) is 0. The van der Waals surface area contributed by atoms with Crippen molar-refractivity contribution < 1.29 is 18.0 Å². The molecule has 1 N–H and O–H groups in total. The van der Waals surface area contributed by atoms with E-state index in [1.807, 2.05) is 13.8 Å². The standard InChI is InChI=1S/C14H18N2O4S.C2H6/c1-9(10(2)17)16-12-6-4-5-7-13(12)21(19,20)8-11(15-3)14(16)18;1-2/h4-7,9,11,15H,8H2,1-3H3;1-2H3. The number of benzene rings is 1. The van der Waals surface area contributed by atoms with Crippen molar-refractivity contribution in [2.45, 2.75) is 44.7 Å². The largest absolute Gasteiger partial charge is 0.308 e. The van der Waals surface area contributed by atoms with Gasteiger partial charge in [-0.15, -0.1) is 0 Å². The van der Waals surface area contributed by atoms with Gasteiger partial charge in [-0.1, -0.05) is 26.0 Å². The molecule has 2 atom stereocenters. The summed E-state index contributed by atoms with van der Waals surface area (Å²) in [5, 5.41) is 2.73. The topological polar surface area (TPSA) is 83.6 Å². The Kier molecular flexibility index (Phi) is 6.47. The van der Waals surface area contributed by atoms with Crippen LogP contribution in [0.4, 0.5) is 5.69 Å². The van der Waals surface area contributed by atoms with Crippen LogP contribution in [0.25, 0.3) is 0 Å². The highest BCUT2D eigenvalue weighted by atomic mass is 32.2. The van der Waals surface area contributed by atoms with Crippen LogP contribution in [0.2, 0.25) is 0 Å². The number of rotatable bonds is 3. The first-order valence-electron chi connectivity index (χ1n) is 7.62. The van der Waals surface area contributed by atoms with Crippen molar-refractivity contribution in [2.75, 3.05) is 17.7 Å². The second-order valence-electron chi connectivity index (χ2n) is 5.09. The lowest BCUT2D eigenvalue weighted by Crippen LogP contribution is -2.51. The molecule has 1 heterocycles. The van der Waals surface area contributed by atoms with Crippen LogP contribution in [0.3, 0.4) is 0 Å². The van der Waals surface area contributed by atoms with E-state index in [-0.39, 0.29) is 22.1 Å². The highest BCUT2D eigenvalue weighted by Gasteiger charge is 2.39. The van der Waals surface area contributed by atoms with Crippen LogP contribution in [-0.4, -0.2) is 45.0 Å². The fourth-order valence-corrected chi connectivity index (χ4v) is 4.07. The van der Waals surface area contributed by atoms with Crippen LogP contribution >= 0.6 is 0 Å². The molecule has 0 radical (unpaired) electrons. The SMILES string of the molecule is CC.CNC1CS(=O)(=O)c2ccccc2N(C(C)C(C)=O)C1=O. The number of nitrogens with one attached hydrogen (secondary N) is 1. The number of amides is 1. The molecule has 2 unspecified atom stereocenters. The average Bonchev–Trinajstić information content (AvgIpc) is 2.62. The number of ketones is 1. The van der Waals surface area contributed by atoms with Gasteiger partial charge in [0.1, 0.15) is 6.04 Å². The second kappa shape index (κ2) is 7.70. The Balaban J connectivity index is 0.00000127. The summed E-state index contributed by atoms with van der Waals surface area (Å²) >= 11 is 0. The molecule has 0 aliphatic carbocycles. The number of carbonyl (C=O) groups is 2. The van der Waals surface area contributed by atoms with Gasteiger partial charge in [-0.25, -0.2) is 8.42 Å². The molecule has 1 aliphatic heterocycles. The van der Waals surface area contributed by atoms with E-state index < -0.39 is 27.8 Å². The average molecular weight is 340 g/mol. The zero-order valence-electron chi connectivity index (χ0n) is 14.2. The van der Waals surface area contributed by atoms with Crippen LogP contribution in [0.5, 0.6) is 0 Å². The van der Waals surface area contributed by atoms with Crippen LogP contribution < -0.4 is 10.2 Å². The molecule has 23 heavy (non-hydrogen) atoms. The summed E-state index contributed by atoms with van der Waals surface area (Å²) in [7, 11) is -2.07. The molecule has 0 spiro atoms. The summed E-state index contributed by atoms with van der Waals surface area (Å²) in [6, 6.07) is 4.70. The van der Waals surface area contributed by atoms with Gasteiger partial charge in [-0.05, 0) is 33.0 Å². The molecule has 6 nitrogen and oxygen atoms in total. The molecule has 0 fully saturated rings. The van der Waals surface area contributed by atoms with Crippen molar-refractivity contribution in [3.05, 3.63) is 24.3 Å². The molecule has 7 heteroatoms. The molecule has 2 rings (SSSR count). The molecule has 0 aromatic heterocycles. The smallest absolute Gasteiger partial charge is 0.245 e. The van der Waals surface area contributed by atoms with Crippen LogP contribution in [-0.2, 0) is 19.4 Å². The summed E-state index contributed by atoms with van der Waals surface area (Å²) < 4.78 is 24.9. The Bertz CT molecular complexity index is 685. The maximum Gasteiger partial charge on any atom is 0.245 e. The van der Waals surface area contributed by atoms with E-state index in [9.17, 15) is 18.0 Å². The first kappa shape index (κ1) is 19.3. The van der Waals surface area contributed by atoms with Crippen LogP contribution in [0.15, 0.2) is 29.2 Å². The number of carbonyl (C=O) groups excluding carboxylic acids is 2. The number of para-hydroxylation sites is 1. The van der Waals surface area contributed by atoms with Gasteiger partial charge in [-0.3, -0.25) is 14.5 Å². The zero-order chi connectivity index (χ0) is 17.8. The van der Waals surface area contributed by atoms with Gasteiger partial charge in [-0.2, -0.15) is 0 Å². The highest BCUT2D eigenvalue weighted by molar-refractivity contribution is 7.91. The number of Topliss-reactive ketones (excluding diaryl/α,β-unsaturated/α-hetero) is 1. The maximum atomic E-state index is 12.6. The number of likely N-dealkylation sites (N-methyl/N-ethyl adjacent to an activating group) is 1. The van der Waals surface area contributed by atoms with E-state index in [2.05, 4.69) is 5.32 Å². The third-order valence-corrected chi connectivity index (χ3v) is 5.49. The number of hydrogen-bond acceptors (Lipinski definition) is 5. The summed E-state index contributed by atoms with van der Waals surface area (Å²) in [6.45, 7) is 6.98. The monoisotopic (exact) mass is 340 g/mol. The Morgan fingerprint density at radius 1 is 1.30 bits per heavy atom. The van der Waals surface area contributed by atoms with Gasteiger partial charge in [0.25, 0.3) is 0 Å². The number of fused-ring (bicyclic) bond motifs is 1. The lowest BCUT2D eigenvalue weighted by molar-refractivity contribution is -0.124. The summed E-state index contributed by atoms with van der Waals surface area (Å²) in [4.78, 5) is 25.7. The minimum absolute atomic E-state index is 0.0872. The quantitative estimate of drug-likeness (QED) is 0.899. The van der Waals surface area contributed by atoms with E-state index in [0.717, 1.165) is 0 Å². The molecule has 1 amide bonds. The van der Waals surface area contributed by atoms with Crippen molar-refractivity contribution in [1.82, 2.24) is 5.32 Å². The predicted molar refractivity (Wildman–Crippen MR) is 90.3 cm³/mol. The van der Waals surface area contributed by atoms with E-state index in [1.54, 1.807) is 25.1 Å². The minimum atomic E-state index is -3.60. The first-order chi connectivity index (χ1) is 10.8. The molecule has 0 saturated heterocycles. The number of nitrogens with zero attached hydrogens (tertiary/aromatic N) is 1. The van der Waals surface area contributed by atoms with Gasteiger partial charge in [0.2, 0.25) is 5.91 Å². The second-order valence-corrected chi connectivity index (χ2v) is 7.09. The maximum absolute atomic E-state index is 12.6. The van der Waals surface area contributed by atoms with Gasteiger partial charge in [0, 0.05) is 0 Å². The molecular formula is C16H24N2O4S. The van der Waals surface area contributed by atoms with Gasteiger partial charge >= 0.3 is 0 Å². The van der Waals surface area contributed by atoms with Crippen molar-refractivity contribution >= 4 is 27.2 Å². The van der Waals surface area contributed by atoms with Gasteiger partial charge in [0.15, 0.2) is 15.6 Å². The summed E-state index contributed by atoms with van der Waals surface area (Å²) in [5.74, 6) is -0.929. The lowest BCUT2D eigenvalue weighted by atomic mass is 10.1. The molecule has 0 bridgehead atoms. The Morgan fingerprint density at radius 2 is 1.87 bits per heavy atom. The third-order valence-electron chi connectivity index (χ3n) is 3.71. The Morgan fingerprint density at radius 3 is 2.39 bits per heavy atom. The van der Waals surface area contributed by atoms with Crippen molar-refractivity contribution in [2.24, 2.45) is 0 Å². The minimum Gasteiger partial charge on any atom is -0.308 e. The van der Waals surface area contributed by atoms with Crippen molar-refractivity contribution in [3.8, 4) is 0 Å². The molecule has 128 valence electrons. The molecule has 1 aromatic carbocycles. The third kappa shape index (κ3) is 3.79. The molecule has 0 saturated carbocycles. The summed E-state index contributed by atoms with van der Waals surface area (Å²) in [5.41, 5.74) is 0.267. The van der Waals surface area contributed by atoms with Crippen LogP contribution in [0.1, 0.15) is 27.7 Å². The lowest BCUT2D eigenvalue weighted by Gasteiger charge is -2.29. The molecular weight excluding hydrogens is 316 g/mol. The number of anilines is 1. The number of sulfone groups is 1. The predicted octanol–water partition coefficient (Wildman–Crippen LogP) is 1.40. The van der Waals surface area contributed by atoms with Gasteiger partial charge in [0.05, 0.1) is 22.4 Å². The first-order valence-corrected chi connectivity index (χ1v) is 9.27. The van der Waals surface area contributed by atoms with Crippen molar-refractivity contribution in [1.29, 1.82) is 0 Å². The fourth-order valence-electron chi connectivity index (χ4n) is 2.37. The molecule has 1 aliphatic rings. The Hall–Kier alpha value is -1.73. The van der Waals surface area contributed by atoms with E-state index in [0.29, 0.717) is 0 Å². The Labute approximate surface area is 137 Å². The normalized spacial score (nSPS) is 20.7. The van der Waals surface area contributed by atoms with Crippen molar-refractivity contribution in [3.63, 3.8) is 0 Å². The fraction of sp³-hybridized carbons (Fsp3) is 0.500. The van der Waals surface area contributed by atoms with Gasteiger partial charge < -0.3 is 5.32 Å².